The van der Waals surface area contributed by atoms with Crippen LogP contribution in [0.15, 0.2) is 34.7 Å². The number of thioether (sulfide) groups is 1. The molecule has 7 nitrogen and oxygen atoms in total. The van der Waals surface area contributed by atoms with Gasteiger partial charge in [0.25, 0.3) is 0 Å². The molecule has 0 atom stereocenters. The number of halogens is 1. The number of rotatable bonds is 9. The predicted molar refractivity (Wildman–Crippen MR) is 140 cm³/mol. The Bertz CT molecular complexity index is 987. The summed E-state index contributed by atoms with van der Waals surface area (Å²) in [5, 5.41) is 12.4. The van der Waals surface area contributed by atoms with Crippen molar-refractivity contribution in [3.63, 3.8) is 0 Å². The summed E-state index contributed by atoms with van der Waals surface area (Å²) in [6.45, 7) is 0.601. The number of carboxylic acid groups (broad SMARTS) is 1. The standard InChI is InChI=1S/C26H34FN3O4S2/c27-19-9-13-22(14-10-19)34-16-18-7-11-21(12-8-18)30(20-5-3-1-2-4-6-20)26(33)29-25-28-15-24(36-25)35-17-23(31)32/h9-10,13-15,18,20-21H,1-8,11-12,16-17H2,(H,31,32)(H,28,29,33)/t18-,21-. The summed E-state index contributed by atoms with van der Waals surface area (Å²) < 4.78 is 19.8. The van der Waals surface area contributed by atoms with E-state index >= 15 is 0 Å². The Hall–Kier alpha value is -2.33. The van der Waals surface area contributed by atoms with Gasteiger partial charge >= 0.3 is 12.0 Å². The summed E-state index contributed by atoms with van der Waals surface area (Å²) in [5.41, 5.74) is 0. The fraction of sp³-hybridized carbons (Fsp3) is 0.577. The molecule has 10 heteroatoms. The molecule has 2 aliphatic carbocycles. The molecule has 1 aromatic heterocycles. The largest absolute Gasteiger partial charge is 0.493 e. The van der Waals surface area contributed by atoms with Gasteiger partial charge in [-0.2, -0.15) is 0 Å². The first-order valence-corrected chi connectivity index (χ1v) is 14.6. The van der Waals surface area contributed by atoms with E-state index in [0.29, 0.717) is 23.4 Å². The molecule has 1 aromatic carbocycles. The quantitative estimate of drug-likeness (QED) is 0.276. The number of aliphatic carboxylic acids is 1. The van der Waals surface area contributed by atoms with Crippen LogP contribution in [0.3, 0.4) is 0 Å². The van der Waals surface area contributed by atoms with Crippen molar-refractivity contribution in [2.75, 3.05) is 17.7 Å². The highest BCUT2D eigenvalue weighted by atomic mass is 32.2. The molecule has 2 aromatic rings. The van der Waals surface area contributed by atoms with Crippen molar-refractivity contribution in [2.24, 2.45) is 5.92 Å². The third-order valence-corrected chi connectivity index (χ3v) is 9.09. The van der Waals surface area contributed by atoms with Crippen LogP contribution < -0.4 is 10.1 Å². The summed E-state index contributed by atoms with van der Waals surface area (Å²) in [6, 6.07) is 6.43. The summed E-state index contributed by atoms with van der Waals surface area (Å²) in [5.74, 6) is -0.0805. The molecule has 196 valence electrons. The van der Waals surface area contributed by atoms with Gasteiger partial charge in [-0.1, -0.05) is 37.0 Å². The van der Waals surface area contributed by atoms with Crippen molar-refractivity contribution in [1.82, 2.24) is 9.88 Å². The van der Waals surface area contributed by atoms with E-state index in [1.807, 2.05) is 0 Å². The smallest absolute Gasteiger partial charge is 0.324 e. The number of anilines is 1. The van der Waals surface area contributed by atoms with Crippen molar-refractivity contribution in [2.45, 2.75) is 80.5 Å². The van der Waals surface area contributed by atoms with Gasteiger partial charge in [-0.25, -0.2) is 14.2 Å². The predicted octanol–water partition coefficient (Wildman–Crippen LogP) is 6.65. The van der Waals surface area contributed by atoms with E-state index in [-0.39, 0.29) is 29.7 Å². The molecule has 0 spiro atoms. The van der Waals surface area contributed by atoms with E-state index in [0.717, 1.165) is 55.6 Å². The first kappa shape index (κ1) is 26.7. The maximum Gasteiger partial charge on any atom is 0.324 e. The van der Waals surface area contributed by atoms with Crippen LogP contribution in [0.1, 0.15) is 64.2 Å². The monoisotopic (exact) mass is 535 g/mol. The van der Waals surface area contributed by atoms with Crippen LogP contribution in [-0.2, 0) is 4.79 Å². The molecular weight excluding hydrogens is 501 g/mol. The van der Waals surface area contributed by atoms with Gasteiger partial charge in [0.1, 0.15) is 11.6 Å². The molecule has 36 heavy (non-hydrogen) atoms. The number of carbonyl (C=O) groups is 2. The highest BCUT2D eigenvalue weighted by molar-refractivity contribution is 8.01. The average Bonchev–Trinajstić information content (AvgIpc) is 3.15. The highest BCUT2D eigenvalue weighted by Gasteiger charge is 2.34. The van der Waals surface area contributed by atoms with E-state index in [1.165, 1.54) is 48.1 Å². The summed E-state index contributed by atoms with van der Waals surface area (Å²) >= 11 is 2.52. The van der Waals surface area contributed by atoms with Gasteiger partial charge in [-0.15, -0.1) is 11.8 Å². The minimum atomic E-state index is -0.878. The molecule has 0 radical (unpaired) electrons. The van der Waals surface area contributed by atoms with Crippen LogP contribution >= 0.6 is 23.1 Å². The fourth-order valence-electron chi connectivity index (χ4n) is 5.17. The Morgan fingerprint density at radius 3 is 2.39 bits per heavy atom. The van der Waals surface area contributed by atoms with Crippen LogP contribution in [0.5, 0.6) is 5.75 Å². The number of urea groups is 1. The third-order valence-electron chi connectivity index (χ3n) is 7.00. The molecular formula is C26H34FN3O4S2. The second-order valence-corrected chi connectivity index (χ2v) is 11.9. The average molecular weight is 536 g/mol. The van der Waals surface area contributed by atoms with Gasteiger partial charge in [0.15, 0.2) is 5.13 Å². The van der Waals surface area contributed by atoms with E-state index < -0.39 is 5.97 Å². The second-order valence-electron chi connectivity index (χ2n) is 9.59. The van der Waals surface area contributed by atoms with E-state index in [9.17, 15) is 14.0 Å². The maximum atomic E-state index is 13.5. The summed E-state index contributed by atoms with van der Waals surface area (Å²) in [4.78, 5) is 30.8. The van der Waals surface area contributed by atoms with Gasteiger partial charge in [0.2, 0.25) is 0 Å². The first-order valence-electron chi connectivity index (χ1n) is 12.8. The number of amides is 2. The fourth-order valence-corrected chi connectivity index (χ4v) is 6.76. The van der Waals surface area contributed by atoms with Crippen molar-refractivity contribution in [3.8, 4) is 5.75 Å². The normalized spacial score (nSPS) is 20.9. The van der Waals surface area contributed by atoms with Gasteiger partial charge in [-0.3, -0.25) is 10.1 Å². The number of hydrogen-bond acceptors (Lipinski definition) is 6. The minimum Gasteiger partial charge on any atom is -0.493 e. The SMILES string of the molecule is O=C(O)CSc1cnc(NC(=O)N(C2CCCCCC2)[C@H]2CC[C@H](COc3ccc(F)cc3)CC2)s1. The van der Waals surface area contributed by atoms with Crippen LogP contribution in [-0.4, -0.2) is 51.4 Å². The third kappa shape index (κ3) is 7.83. The summed E-state index contributed by atoms with van der Waals surface area (Å²) in [7, 11) is 0. The molecule has 2 N–H and O–H groups in total. The Balaban J connectivity index is 1.36. The molecule has 0 saturated heterocycles. The first-order chi connectivity index (χ1) is 17.5. The molecule has 2 fully saturated rings. The zero-order valence-electron chi connectivity index (χ0n) is 20.4. The van der Waals surface area contributed by atoms with Crippen molar-refractivity contribution in [3.05, 3.63) is 36.3 Å². The van der Waals surface area contributed by atoms with E-state index in [1.54, 1.807) is 18.3 Å². The number of aromatic nitrogens is 1. The molecule has 1 heterocycles. The number of carbonyl (C=O) groups excluding carboxylic acids is 1. The van der Waals surface area contributed by atoms with E-state index in [2.05, 4.69) is 15.2 Å². The lowest BCUT2D eigenvalue weighted by molar-refractivity contribution is -0.133. The maximum absolute atomic E-state index is 13.5. The number of hydrogen-bond donors (Lipinski definition) is 2. The van der Waals surface area contributed by atoms with Crippen molar-refractivity contribution < 1.29 is 23.8 Å². The lowest BCUT2D eigenvalue weighted by Crippen LogP contribution is -2.50. The number of nitrogens with one attached hydrogen (secondary N) is 1. The topological polar surface area (TPSA) is 91.8 Å². The highest BCUT2D eigenvalue weighted by Crippen LogP contribution is 2.34. The van der Waals surface area contributed by atoms with Gasteiger partial charge < -0.3 is 14.7 Å². The minimum absolute atomic E-state index is 0.0299. The molecule has 0 unspecified atom stereocenters. The Kier molecular flexibility index (Phi) is 9.86. The zero-order valence-corrected chi connectivity index (χ0v) is 22.0. The number of ether oxygens (including phenoxy) is 1. The lowest BCUT2D eigenvalue weighted by atomic mass is 9.85. The van der Waals surface area contributed by atoms with Gasteiger partial charge in [0, 0.05) is 12.1 Å². The zero-order chi connectivity index (χ0) is 25.3. The van der Waals surface area contributed by atoms with Crippen LogP contribution in [0.2, 0.25) is 0 Å². The van der Waals surface area contributed by atoms with Gasteiger partial charge in [-0.05, 0) is 68.7 Å². The molecule has 0 bridgehead atoms. The Morgan fingerprint density at radius 1 is 1.06 bits per heavy atom. The molecule has 2 saturated carbocycles. The second kappa shape index (κ2) is 13.3. The van der Waals surface area contributed by atoms with E-state index in [4.69, 9.17) is 9.84 Å². The number of benzene rings is 1. The molecule has 4 rings (SSSR count). The number of nitrogens with zero attached hydrogens (tertiary/aromatic N) is 2. The molecule has 0 aliphatic heterocycles. The number of thiazole rings is 1. The van der Waals surface area contributed by atoms with Crippen molar-refractivity contribution in [1.29, 1.82) is 0 Å². The van der Waals surface area contributed by atoms with Crippen molar-refractivity contribution >= 4 is 40.2 Å². The van der Waals surface area contributed by atoms with Crippen LogP contribution in [0, 0.1) is 11.7 Å². The Labute approximate surface area is 219 Å². The van der Waals surface area contributed by atoms with Gasteiger partial charge in [0.05, 0.1) is 22.8 Å². The number of carboxylic acids is 1. The molecule has 2 amide bonds. The summed E-state index contributed by atoms with van der Waals surface area (Å²) in [6.07, 6.45) is 12.2. The van der Waals surface area contributed by atoms with Crippen LogP contribution in [0.25, 0.3) is 0 Å². The molecule has 2 aliphatic rings. The lowest BCUT2D eigenvalue weighted by Gasteiger charge is -2.41. The van der Waals surface area contributed by atoms with Crippen LogP contribution in [0.4, 0.5) is 14.3 Å². The Morgan fingerprint density at radius 2 is 1.72 bits per heavy atom.